The molecule has 0 spiro atoms. The number of rotatable bonds is 7. The highest BCUT2D eigenvalue weighted by Crippen LogP contribution is 2.52. The molecule has 3 aliphatic rings. The molecule has 1 saturated heterocycles. The van der Waals surface area contributed by atoms with E-state index in [1.807, 2.05) is 12.2 Å². The number of aromatic carboxylic acids is 1. The van der Waals surface area contributed by atoms with Gasteiger partial charge < -0.3 is 9.84 Å². The predicted molar refractivity (Wildman–Crippen MR) is 118 cm³/mol. The molecule has 1 saturated carbocycles. The van der Waals surface area contributed by atoms with E-state index in [4.69, 9.17) is 9.84 Å². The van der Waals surface area contributed by atoms with E-state index in [0.29, 0.717) is 5.56 Å². The van der Waals surface area contributed by atoms with Gasteiger partial charge in [0, 0.05) is 17.7 Å². The van der Waals surface area contributed by atoms with Gasteiger partial charge in [-0.25, -0.2) is 4.79 Å². The molecule has 1 N–H and O–H groups in total. The largest absolute Gasteiger partial charge is 0.488 e. The number of hydrazone groups is 1. The van der Waals surface area contributed by atoms with Gasteiger partial charge in [0.25, 0.3) is 17.5 Å². The number of nitrogens with zero attached hydrogens (tertiary/aromatic N) is 3. The summed E-state index contributed by atoms with van der Waals surface area (Å²) in [4.78, 5) is 47.3. The Kier molecular flexibility index (Phi) is 5.20. The third kappa shape index (κ3) is 3.62. The van der Waals surface area contributed by atoms with Crippen LogP contribution in [0.5, 0.6) is 5.75 Å². The molecule has 2 fully saturated rings. The van der Waals surface area contributed by atoms with Gasteiger partial charge in [-0.2, -0.15) is 10.1 Å². The maximum Gasteiger partial charge on any atom is 0.335 e. The molecule has 10 heteroatoms. The fraction of sp³-hybridized carbons (Fsp3) is 0.250. The lowest BCUT2D eigenvalue weighted by atomic mass is 9.85. The highest BCUT2D eigenvalue weighted by Gasteiger charge is 2.59. The number of carboxylic acids is 1. The lowest BCUT2D eigenvalue weighted by Crippen LogP contribution is -2.28. The Morgan fingerprint density at radius 1 is 1.12 bits per heavy atom. The van der Waals surface area contributed by atoms with E-state index >= 15 is 0 Å². The van der Waals surface area contributed by atoms with Gasteiger partial charge in [-0.15, -0.1) is 0 Å². The quantitative estimate of drug-likeness (QED) is 0.220. The Morgan fingerprint density at radius 2 is 1.76 bits per heavy atom. The number of carbonyl (C=O) groups excluding carboxylic acids is 2. The molecule has 172 valence electrons. The summed E-state index contributed by atoms with van der Waals surface area (Å²) in [6, 6.07) is 10.0. The minimum absolute atomic E-state index is 0.0517. The summed E-state index contributed by atoms with van der Waals surface area (Å²) in [6.07, 6.45) is 6.00. The van der Waals surface area contributed by atoms with E-state index in [2.05, 4.69) is 5.10 Å². The number of amides is 2. The summed E-state index contributed by atoms with van der Waals surface area (Å²) in [5.74, 6) is -2.17. The van der Waals surface area contributed by atoms with Crippen molar-refractivity contribution in [2.24, 2.45) is 28.8 Å². The number of nitro groups is 1. The van der Waals surface area contributed by atoms with Crippen LogP contribution in [0.3, 0.4) is 0 Å². The van der Waals surface area contributed by atoms with Crippen molar-refractivity contribution in [3.8, 4) is 5.75 Å². The smallest absolute Gasteiger partial charge is 0.335 e. The Balaban J connectivity index is 1.37. The number of non-ortho nitro benzene ring substituents is 1. The maximum absolute atomic E-state index is 12.8. The van der Waals surface area contributed by atoms with Gasteiger partial charge in [0.15, 0.2) is 0 Å². The molecule has 10 nitrogen and oxygen atoms in total. The van der Waals surface area contributed by atoms with Crippen LogP contribution in [0, 0.1) is 33.8 Å². The van der Waals surface area contributed by atoms with E-state index in [1.165, 1.54) is 36.5 Å². The van der Waals surface area contributed by atoms with E-state index in [1.54, 1.807) is 12.1 Å². The highest BCUT2D eigenvalue weighted by atomic mass is 16.6. The van der Waals surface area contributed by atoms with Gasteiger partial charge >= 0.3 is 5.97 Å². The number of imide groups is 1. The Labute approximate surface area is 193 Å². The van der Waals surface area contributed by atoms with Crippen LogP contribution in [0.2, 0.25) is 0 Å². The van der Waals surface area contributed by atoms with E-state index in [9.17, 15) is 24.5 Å². The molecular formula is C24H19N3O7. The summed E-state index contributed by atoms with van der Waals surface area (Å²) in [7, 11) is 0. The SMILES string of the molecule is O=C(O)c1ccc(COc2ccc([N+](=O)[O-])cc2C=NN2C(=O)[C@@H]3[C@H](C2=O)[C@H]2C=C[C@H]3C2)cc1. The lowest BCUT2D eigenvalue weighted by Gasteiger charge is -2.13. The van der Waals surface area contributed by atoms with Crippen LogP contribution >= 0.6 is 0 Å². The Bertz CT molecular complexity index is 1240. The summed E-state index contributed by atoms with van der Waals surface area (Å²) in [5, 5.41) is 25.2. The topological polar surface area (TPSA) is 139 Å². The molecule has 2 bridgehead atoms. The van der Waals surface area contributed by atoms with Gasteiger partial charge in [-0.05, 0) is 42.0 Å². The molecule has 2 aromatic rings. The molecule has 2 aromatic carbocycles. The molecule has 1 aliphatic heterocycles. The third-order valence-corrected chi connectivity index (χ3v) is 6.56. The second-order valence-corrected chi connectivity index (χ2v) is 8.50. The van der Waals surface area contributed by atoms with Crippen LogP contribution in [-0.4, -0.2) is 39.0 Å². The molecular weight excluding hydrogens is 442 g/mol. The average Bonchev–Trinajstić information content (AvgIpc) is 3.51. The normalized spacial score (nSPS) is 24.8. The van der Waals surface area contributed by atoms with Crippen molar-refractivity contribution in [1.82, 2.24) is 5.01 Å². The fourth-order valence-electron chi connectivity index (χ4n) is 4.91. The maximum atomic E-state index is 12.8. The first kappa shape index (κ1) is 21.5. The first-order valence-corrected chi connectivity index (χ1v) is 10.7. The molecule has 5 rings (SSSR count). The van der Waals surface area contributed by atoms with Gasteiger partial charge in [-0.3, -0.25) is 19.7 Å². The minimum atomic E-state index is -1.04. The lowest BCUT2D eigenvalue weighted by molar-refractivity contribution is -0.384. The zero-order valence-corrected chi connectivity index (χ0v) is 17.7. The van der Waals surface area contributed by atoms with Gasteiger partial charge in [0.2, 0.25) is 0 Å². The van der Waals surface area contributed by atoms with E-state index in [0.717, 1.165) is 11.4 Å². The second kappa shape index (κ2) is 8.22. The zero-order chi connectivity index (χ0) is 24.0. The van der Waals surface area contributed by atoms with Crippen LogP contribution in [0.15, 0.2) is 59.7 Å². The number of ether oxygens (including phenoxy) is 1. The first-order chi connectivity index (χ1) is 16.3. The van der Waals surface area contributed by atoms with Crippen molar-refractivity contribution < 1.29 is 29.2 Å². The molecule has 0 aromatic heterocycles. The number of allylic oxidation sites excluding steroid dienone is 2. The molecule has 0 radical (unpaired) electrons. The van der Waals surface area contributed by atoms with Crippen LogP contribution in [0.4, 0.5) is 5.69 Å². The number of hydrogen-bond acceptors (Lipinski definition) is 7. The monoisotopic (exact) mass is 461 g/mol. The fourth-order valence-corrected chi connectivity index (χ4v) is 4.91. The number of carbonyl (C=O) groups is 3. The van der Waals surface area contributed by atoms with Crippen LogP contribution in [0.1, 0.15) is 27.9 Å². The molecule has 0 unspecified atom stereocenters. The van der Waals surface area contributed by atoms with Crippen LogP contribution in [0.25, 0.3) is 0 Å². The van der Waals surface area contributed by atoms with Crippen molar-refractivity contribution in [2.75, 3.05) is 0 Å². The predicted octanol–water partition coefficient (Wildman–Crippen LogP) is 3.01. The van der Waals surface area contributed by atoms with Crippen molar-refractivity contribution in [3.05, 3.63) is 81.4 Å². The molecule has 4 atom stereocenters. The summed E-state index contributed by atoms with van der Waals surface area (Å²) in [6.45, 7) is 0.0688. The van der Waals surface area contributed by atoms with Crippen molar-refractivity contribution in [1.29, 1.82) is 0 Å². The number of nitro benzene ring substituents is 1. The first-order valence-electron chi connectivity index (χ1n) is 10.7. The Morgan fingerprint density at radius 3 is 2.35 bits per heavy atom. The molecule has 2 aliphatic carbocycles. The number of hydrogen-bond donors (Lipinski definition) is 1. The van der Waals surface area contributed by atoms with Gasteiger partial charge in [-0.1, -0.05) is 24.3 Å². The van der Waals surface area contributed by atoms with Crippen LogP contribution in [-0.2, 0) is 16.2 Å². The molecule has 1 heterocycles. The van der Waals surface area contributed by atoms with Crippen molar-refractivity contribution in [3.63, 3.8) is 0 Å². The third-order valence-electron chi connectivity index (χ3n) is 6.56. The standard InChI is InChI=1S/C24H19N3O7/c28-22-20-15-5-6-16(9-15)21(20)23(29)26(22)25-11-17-10-18(27(32)33)7-8-19(17)34-12-13-1-3-14(4-2-13)24(30)31/h1-8,10-11,15-16,20-21H,9,12H2,(H,30,31)/t15-,16-,20-,21+/m0/s1. The van der Waals surface area contributed by atoms with Crippen molar-refractivity contribution >= 4 is 29.7 Å². The molecule has 2 amide bonds. The summed E-state index contributed by atoms with van der Waals surface area (Å²) < 4.78 is 5.79. The van der Waals surface area contributed by atoms with E-state index in [-0.39, 0.29) is 52.8 Å². The minimum Gasteiger partial charge on any atom is -0.488 e. The second-order valence-electron chi connectivity index (χ2n) is 8.50. The Hall–Kier alpha value is -4.34. The van der Waals surface area contributed by atoms with Gasteiger partial charge in [0.05, 0.1) is 28.5 Å². The number of carboxylic acid groups (broad SMARTS) is 1. The average molecular weight is 461 g/mol. The summed E-state index contributed by atoms with van der Waals surface area (Å²) in [5.41, 5.74) is 0.861. The number of benzene rings is 2. The van der Waals surface area contributed by atoms with Crippen molar-refractivity contribution in [2.45, 2.75) is 13.0 Å². The van der Waals surface area contributed by atoms with Crippen LogP contribution < -0.4 is 4.74 Å². The van der Waals surface area contributed by atoms with Gasteiger partial charge in [0.1, 0.15) is 12.4 Å². The molecule has 34 heavy (non-hydrogen) atoms. The van der Waals surface area contributed by atoms with E-state index < -0.39 is 22.7 Å². The summed E-state index contributed by atoms with van der Waals surface area (Å²) >= 11 is 0. The number of fused-ring (bicyclic) bond motifs is 5. The highest BCUT2D eigenvalue weighted by molar-refractivity contribution is 6.07. The zero-order valence-electron chi connectivity index (χ0n) is 17.7.